The van der Waals surface area contributed by atoms with E-state index in [1.165, 1.54) is 6.07 Å². The third-order valence-electron chi connectivity index (χ3n) is 8.02. The Bertz CT molecular complexity index is 1340. The highest BCUT2D eigenvalue weighted by molar-refractivity contribution is 6.23. The van der Waals surface area contributed by atoms with E-state index in [1.54, 1.807) is 19.9 Å². The average molecular weight is 462 g/mol. The molecule has 176 valence electrons. The summed E-state index contributed by atoms with van der Waals surface area (Å²) in [5.74, 6) is -3.94. The molecule has 7 heteroatoms. The fourth-order valence-corrected chi connectivity index (χ4v) is 6.60. The van der Waals surface area contributed by atoms with Crippen molar-refractivity contribution >= 4 is 28.7 Å². The third kappa shape index (κ3) is 2.59. The van der Waals surface area contributed by atoms with Crippen molar-refractivity contribution in [3.63, 3.8) is 0 Å². The lowest BCUT2D eigenvalue weighted by Crippen LogP contribution is -2.65. The van der Waals surface area contributed by atoms with Crippen molar-refractivity contribution in [3.05, 3.63) is 64.0 Å². The van der Waals surface area contributed by atoms with E-state index >= 15 is 0 Å². The molecule has 0 bridgehead atoms. The lowest BCUT2D eigenvalue weighted by molar-refractivity contribution is -0.164. The van der Waals surface area contributed by atoms with Crippen LogP contribution in [-0.4, -0.2) is 43.4 Å². The number of phenolic OH excluding ortho intramolecular Hbond substituents is 1. The van der Waals surface area contributed by atoms with Crippen LogP contribution in [0.5, 0.6) is 5.75 Å². The minimum Gasteiger partial charge on any atom is -0.508 e. The van der Waals surface area contributed by atoms with E-state index in [1.807, 2.05) is 18.2 Å². The number of benzene rings is 1. The first-order valence-electron chi connectivity index (χ1n) is 11.3. The monoisotopic (exact) mass is 462 g/mol. The standard InChI is InChI=1S/C27H26O7/c1-13(28)19-18(30)11-26(3)12-25(2)10-16-15(14-6-4-5-7-14)8-9-17(29)20(16)22(31)21(25)24(33)27(26,34)23(19)32/h4-6,8-9,29,31-32,34H,7,10-12H2,1-3H3/t25-,26+,27-/m1/s1. The van der Waals surface area contributed by atoms with Gasteiger partial charge in [0.15, 0.2) is 17.2 Å². The van der Waals surface area contributed by atoms with Crippen molar-refractivity contribution in [3.8, 4) is 5.75 Å². The molecule has 5 rings (SSSR count). The molecular weight excluding hydrogens is 436 g/mol. The van der Waals surface area contributed by atoms with Gasteiger partial charge in [-0.1, -0.05) is 38.1 Å². The summed E-state index contributed by atoms with van der Waals surface area (Å²) >= 11 is 0. The number of carbonyl (C=O) groups is 3. The summed E-state index contributed by atoms with van der Waals surface area (Å²) in [5, 5.41) is 44.6. The van der Waals surface area contributed by atoms with Crippen LogP contribution in [-0.2, 0) is 20.8 Å². The smallest absolute Gasteiger partial charge is 0.203 e. The molecule has 1 aromatic carbocycles. The SMILES string of the molecule is CC(=O)C1=C(O)[C@@]2(O)C(=O)C3=C(O)c4c(O)ccc(C5=CC=CC5)c4C[C@]3(C)C[C@]2(C)CC1=O. The maximum Gasteiger partial charge on any atom is 0.203 e. The predicted octanol–water partition coefficient (Wildman–Crippen LogP) is 3.65. The van der Waals surface area contributed by atoms with Crippen LogP contribution in [0.15, 0.2) is 47.3 Å². The Labute approximate surface area is 196 Å². The maximum absolute atomic E-state index is 13.9. The molecule has 1 fully saturated rings. The van der Waals surface area contributed by atoms with Gasteiger partial charge < -0.3 is 20.4 Å². The summed E-state index contributed by atoms with van der Waals surface area (Å²) < 4.78 is 0. The van der Waals surface area contributed by atoms with Crippen molar-refractivity contribution in [2.24, 2.45) is 10.8 Å². The number of carbonyl (C=O) groups excluding carboxylic acids is 3. The number of aliphatic hydroxyl groups is 3. The molecule has 1 aromatic rings. The zero-order valence-corrected chi connectivity index (χ0v) is 19.2. The number of hydrogen-bond acceptors (Lipinski definition) is 7. The molecule has 4 aliphatic rings. The molecule has 0 unspecified atom stereocenters. The van der Waals surface area contributed by atoms with Crippen molar-refractivity contribution < 1.29 is 34.8 Å². The third-order valence-corrected chi connectivity index (χ3v) is 8.02. The Hall–Kier alpha value is -3.45. The Morgan fingerprint density at radius 1 is 1.06 bits per heavy atom. The van der Waals surface area contributed by atoms with E-state index in [0.29, 0.717) is 12.0 Å². The Morgan fingerprint density at radius 2 is 1.76 bits per heavy atom. The van der Waals surface area contributed by atoms with Crippen LogP contribution in [0.4, 0.5) is 0 Å². The van der Waals surface area contributed by atoms with Crippen LogP contribution in [0.25, 0.3) is 11.3 Å². The second-order valence-corrected chi connectivity index (χ2v) is 10.4. The average Bonchev–Trinajstić information content (AvgIpc) is 3.24. The van der Waals surface area contributed by atoms with Gasteiger partial charge in [-0.25, -0.2) is 0 Å². The zero-order valence-electron chi connectivity index (χ0n) is 19.2. The predicted molar refractivity (Wildman–Crippen MR) is 124 cm³/mol. The molecule has 0 radical (unpaired) electrons. The lowest BCUT2D eigenvalue weighted by atomic mass is 9.47. The van der Waals surface area contributed by atoms with Gasteiger partial charge in [0.2, 0.25) is 5.78 Å². The van der Waals surface area contributed by atoms with Crippen LogP contribution in [0.3, 0.4) is 0 Å². The first-order valence-corrected chi connectivity index (χ1v) is 11.3. The number of aliphatic hydroxyl groups excluding tert-OH is 2. The summed E-state index contributed by atoms with van der Waals surface area (Å²) in [6.07, 6.45) is 6.66. The van der Waals surface area contributed by atoms with Crippen LogP contribution < -0.4 is 0 Å². The lowest BCUT2D eigenvalue weighted by Gasteiger charge is -2.56. The van der Waals surface area contributed by atoms with Gasteiger partial charge in [-0.05, 0) is 49.0 Å². The molecule has 1 saturated carbocycles. The van der Waals surface area contributed by atoms with E-state index < -0.39 is 50.9 Å². The van der Waals surface area contributed by atoms with Crippen LogP contribution in [0.2, 0.25) is 0 Å². The molecule has 7 nitrogen and oxygen atoms in total. The number of ketones is 3. The molecule has 0 amide bonds. The van der Waals surface area contributed by atoms with E-state index in [9.17, 15) is 34.8 Å². The number of Topliss-reactive ketones (excluding diaryl/α,β-unsaturated/α-hetero) is 3. The molecule has 0 aliphatic heterocycles. The van der Waals surface area contributed by atoms with Crippen molar-refractivity contribution in [2.75, 3.05) is 0 Å². The molecule has 0 spiro atoms. The fraction of sp³-hybridized carbons (Fsp3) is 0.370. The molecule has 4 N–H and O–H groups in total. The second kappa shape index (κ2) is 6.79. The van der Waals surface area contributed by atoms with Gasteiger partial charge in [0, 0.05) is 22.8 Å². The normalized spacial score (nSPS) is 32.4. The van der Waals surface area contributed by atoms with Gasteiger partial charge in [0.05, 0.1) is 5.56 Å². The number of allylic oxidation sites excluding steroid dienone is 5. The van der Waals surface area contributed by atoms with Crippen LogP contribution in [0.1, 0.15) is 56.7 Å². The highest BCUT2D eigenvalue weighted by Gasteiger charge is 2.68. The Morgan fingerprint density at radius 3 is 2.38 bits per heavy atom. The summed E-state index contributed by atoms with van der Waals surface area (Å²) in [4.78, 5) is 38.7. The molecular formula is C27H26O7. The molecule has 0 aromatic heterocycles. The molecule has 34 heavy (non-hydrogen) atoms. The minimum absolute atomic E-state index is 0.0917. The topological polar surface area (TPSA) is 132 Å². The van der Waals surface area contributed by atoms with E-state index in [0.717, 1.165) is 18.1 Å². The molecule has 0 saturated heterocycles. The van der Waals surface area contributed by atoms with Crippen LogP contribution >= 0.6 is 0 Å². The van der Waals surface area contributed by atoms with Gasteiger partial charge in [0.25, 0.3) is 0 Å². The number of hydrogen-bond donors (Lipinski definition) is 4. The zero-order chi connectivity index (χ0) is 24.8. The first kappa shape index (κ1) is 22.3. The van der Waals surface area contributed by atoms with E-state index in [4.69, 9.17) is 0 Å². The largest absolute Gasteiger partial charge is 0.508 e. The summed E-state index contributed by atoms with van der Waals surface area (Å²) in [6, 6.07) is 3.25. The summed E-state index contributed by atoms with van der Waals surface area (Å²) in [6.45, 7) is 4.43. The Kier molecular flexibility index (Phi) is 4.46. The van der Waals surface area contributed by atoms with Crippen LogP contribution in [0, 0.1) is 10.8 Å². The summed E-state index contributed by atoms with van der Waals surface area (Å²) in [5.41, 5.74) is -2.96. The summed E-state index contributed by atoms with van der Waals surface area (Å²) in [7, 11) is 0. The highest BCUT2D eigenvalue weighted by atomic mass is 16.3. The molecule has 3 atom stereocenters. The van der Waals surface area contributed by atoms with Gasteiger partial charge in [-0.15, -0.1) is 0 Å². The highest BCUT2D eigenvalue weighted by Crippen LogP contribution is 2.62. The fourth-order valence-electron chi connectivity index (χ4n) is 6.60. The minimum atomic E-state index is -2.55. The number of rotatable bonds is 2. The van der Waals surface area contributed by atoms with Crippen molar-refractivity contribution in [1.29, 1.82) is 0 Å². The van der Waals surface area contributed by atoms with Gasteiger partial charge in [-0.3, -0.25) is 14.4 Å². The molecule has 4 aliphatic carbocycles. The molecule has 0 heterocycles. The van der Waals surface area contributed by atoms with Gasteiger partial charge >= 0.3 is 0 Å². The van der Waals surface area contributed by atoms with Gasteiger partial charge in [0.1, 0.15) is 22.8 Å². The van der Waals surface area contributed by atoms with Gasteiger partial charge in [-0.2, -0.15) is 0 Å². The number of phenols is 1. The Balaban J connectivity index is 1.78. The van der Waals surface area contributed by atoms with Crippen molar-refractivity contribution in [2.45, 2.75) is 52.1 Å². The number of aromatic hydroxyl groups is 1. The van der Waals surface area contributed by atoms with Crippen molar-refractivity contribution in [1.82, 2.24) is 0 Å². The maximum atomic E-state index is 13.9. The number of fused-ring (bicyclic) bond motifs is 3. The second-order valence-electron chi connectivity index (χ2n) is 10.4. The quantitative estimate of drug-likeness (QED) is 0.493. The first-order chi connectivity index (χ1) is 15.9. The van der Waals surface area contributed by atoms with E-state index in [-0.39, 0.29) is 36.1 Å². The van der Waals surface area contributed by atoms with E-state index in [2.05, 4.69) is 0 Å².